The zero-order chi connectivity index (χ0) is 36.8. The molecule has 0 heterocycles. The highest BCUT2D eigenvalue weighted by molar-refractivity contribution is 7.47. The van der Waals surface area contributed by atoms with Gasteiger partial charge in [0, 0.05) is 13.2 Å². The van der Waals surface area contributed by atoms with Crippen molar-refractivity contribution in [1.29, 1.82) is 0 Å². The van der Waals surface area contributed by atoms with E-state index in [0.29, 0.717) is 6.61 Å². The largest absolute Gasteiger partial charge is 0.472 e. The first kappa shape index (κ1) is 49.5. The minimum Gasteiger partial charge on any atom is -0.463 e. The zero-order valence-electron chi connectivity index (χ0n) is 33.3. The highest BCUT2D eigenvalue weighted by atomic mass is 31.2. The molecule has 0 saturated heterocycles. The number of carbonyl (C=O) groups excluding carboxylic acids is 1. The van der Waals surface area contributed by atoms with Gasteiger partial charge in [-0.05, 0) is 19.3 Å². The summed E-state index contributed by atoms with van der Waals surface area (Å²) in [7, 11) is -4.26. The maximum absolute atomic E-state index is 13.2. The number of unbranched alkanes of at least 4 members (excludes halogenated alkanes) is 25. The van der Waals surface area contributed by atoms with Crippen molar-refractivity contribution < 1.29 is 32.8 Å². The van der Waals surface area contributed by atoms with Crippen LogP contribution in [0.4, 0.5) is 0 Å². The van der Waals surface area contributed by atoms with Crippen molar-refractivity contribution in [3.05, 3.63) is 0 Å². The number of nitrogens with two attached hydrogens (primary N) is 1. The van der Waals surface area contributed by atoms with Crippen molar-refractivity contribution >= 4 is 13.8 Å². The Labute approximate surface area is 310 Å². The fourth-order valence-electron chi connectivity index (χ4n) is 6.43. The molecule has 0 aromatic carbocycles. The topological polar surface area (TPSA) is 117 Å². The Kier molecular flexibility index (Phi) is 37.8. The third-order valence-electron chi connectivity index (χ3n) is 9.70. The molecule has 0 amide bonds. The van der Waals surface area contributed by atoms with Gasteiger partial charge in [-0.2, -0.15) is 0 Å². The highest BCUT2D eigenvalue weighted by Gasteiger charge is 2.26. The SMILES string of the molecule is CCCCCCCCCCCCCCCCO[C@@H](COC(=O)C(CCCC)CCCCCCCCCCCCCC)COP(=O)(O)OCCN. The van der Waals surface area contributed by atoms with Crippen LogP contribution in [0.25, 0.3) is 0 Å². The van der Waals surface area contributed by atoms with Gasteiger partial charge in [0.15, 0.2) is 0 Å². The maximum atomic E-state index is 13.2. The van der Waals surface area contributed by atoms with Gasteiger partial charge in [-0.25, -0.2) is 4.57 Å². The second-order valence-electron chi connectivity index (χ2n) is 14.6. The molecule has 9 heteroatoms. The summed E-state index contributed by atoms with van der Waals surface area (Å²) in [5.41, 5.74) is 5.40. The first-order valence-corrected chi connectivity index (χ1v) is 23.0. The summed E-state index contributed by atoms with van der Waals surface area (Å²) < 4.78 is 34.1. The number of hydrogen-bond donors (Lipinski definition) is 2. The minimum atomic E-state index is -4.26. The lowest BCUT2D eigenvalue weighted by atomic mass is 9.95. The molecule has 0 aromatic heterocycles. The number of carbonyl (C=O) groups is 1. The summed E-state index contributed by atoms with van der Waals surface area (Å²) in [6, 6.07) is 0. The van der Waals surface area contributed by atoms with E-state index < -0.39 is 13.9 Å². The van der Waals surface area contributed by atoms with Gasteiger partial charge in [0.1, 0.15) is 12.7 Å². The van der Waals surface area contributed by atoms with E-state index >= 15 is 0 Å². The van der Waals surface area contributed by atoms with E-state index in [2.05, 4.69) is 20.8 Å². The smallest absolute Gasteiger partial charge is 0.463 e. The summed E-state index contributed by atoms with van der Waals surface area (Å²) in [4.78, 5) is 23.2. The second-order valence-corrected chi connectivity index (χ2v) is 16.1. The third-order valence-corrected chi connectivity index (χ3v) is 10.7. The fourth-order valence-corrected chi connectivity index (χ4v) is 7.19. The van der Waals surface area contributed by atoms with E-state index in [0.717, 1.165) is 51.4 Å². The molecule has 0 aliphatic carbocycles. The standard InChI is InChI=1S/C41H84NO7P/c1-4-7-10-12-14-16-18-20-21-23-25-27-29-31-35-46-40(38-49-50(44,45)48-36-34-42)37-47-41(43)39(32-9-6-3)33-30-28-26-24-22-19-17-15-13-11-8-5-2/h39-40H,4-38,42H2,1-3H3,(H,44,45)/t39?,40-/m0/s1. The first-order chi connectivity index (χ1) is 24.4. The normalized spacial score (nSPS) is 14.1. The van der Waals surface area contributed by atoms with Gasteiger partial charge in [0.05, 0.1) is 19.1 Å². The van der Waals surface area contributed by atoms with Gasteiger partial charge in [-0.1, -0.05) is 194 Å². The third kappa shape index (κ3) is 34.6. The molecule has 0 aliphatic rings. The Morgan fingerprint density at radius 3 is 1.38 bits per heavy atom. The van der Waals surface area contributed by atoms with Crippen LogP contribution in [0.15, 0.2) is 0 Å². The highest BCUT2D eigenvalue weighted by Crippen LogP contribution is 2.43. The second kappa shape index (κ2) is 38.2. The van der Waals surface area contributed by atoms with Crippen molar-refractivity contribution in [1.82, 2.24) is 0 Å². The molecular formula is C41H84NO7P. The predicted octanol–water partition coefficient (Wildman–Crippen LogP) is 12.4. The van der Waals surface area contributed by atoms with Crippen LogP contribution in [0.2, 0.25) is 0 Å². The summed E-state index contributed by atoms with van der Waals surface area (Å²) in [5.74, 6) is -0.319. The average molecular weight is 734 g/mol. The summed E-state index contributed by atoms with van der Waals surface area (Å²) in [6.07, 6.45) is 36.5. The van der Waals surface area contributed by atoms with Crippen molar-refractivity contribution in [3.8, 4) is 0 Å². The molecule has 3 N–H and O–H groups in total. The first-order valence-electron chi connectivity index (χ1n) is 21.5. The molecule has 2 unspecified atom stereocenters. The Morgan fingerprint density at radius 1 is 0.540 bits per heavy atom. The van der Waals surface area contributed by atoms with Crippen LogP contribution >= 0.6 is 7.82 Å². The van der Waals surface area contributed by atoms with Gasteiger partial charge in [-0.3, -0.25) is 13.8 Å². The lowest BCUT2D eigenvalue weighted by Crippen LogP contribution is -2.29. The average Bonchev–Trinajstić information content (AvgIpc) is 3.11. The molecule has 0 saturated carbocycles. The van der Waals surface area contributed by atoms with Gasteiger partial charge < -0.3 is 20.1 Å². The molecule has 0 radical (unpaired) electrons. The summed E-state index contributed by atoms with van der Waals surface area (Å²) in [6.45, 7) is 7.00. The monoisotopic (exact) mass is 734 g/mol. The van der Waals surface area contributed by atoms with Gasteiger partial charge >= 0.3 is 13.8 Å². The van der Waals surface area contributed by atoms with Crippen molar-refractivity contribution in [2.75, 3.05) is 33.0 Å². The van der Waals surface area contributed by atoms with E-state index in [1.807, 2.05) is 0 Å². The molecule has 0 aliphatic heterocycles. The van der Waals surface area contributed by atoms with Crippen LogP contribution in [-0.2, 0) is 27.9 Å². The Balaban J connectivity index is 4.46. The van der Waals surface area contributed by atoms with Crippen LogP contribution < -0.4 is 5.73 Å². The minimum absolute atomic E-state index is 0.00457. The quantitative estimate of drug-likeness (QED) is 0.0362. The number of ether oxygens (including phenoxy) is 2. The zero-order valence-corrected chi connectivity index (χ0v) is 34.2. The Bertz CT molecular complexity index is 756. The lowest BCUT2D eigenvalue weighted by molar-refractivity contribution is -0.154. The number of hydrogen-bond acceptors (Lipinski definition) is 7. The van der Waals surface area contributed by atoms with Gasteiger partial charge in [-0.15, -0.1) is 0 Å². The van der Waals surface area contributed by atoms with Crippen LogP contribution in [-0.4, -0.2) is 49.9 Å². The molecule has 0 fully saturated rings. The lowest BCUT2D eigenvalue weighted by Gasteiger charge is -2.22. The van der Waals surface area contributed by atoms with Gasteiger partial charge in [0.2, 0.25) is 0 Å². The van der Waals surface area contributed by atoms with Crippen LogP contribution in [0.1, 0.15) is 213 Å². The van der Waals surface area contributed by atoms with E-state index in [1.54, 1.807) is 0 Å². The maximum Gasteiger partial charge on any atom is 0.472 e. The summed E-state index contributed by atoms with van der Waals surface area (Å²) in [5, 5.41) is 0. The molecule has 0 bridgehead atoms. The molecule has 300 valence electrons. The van der Waals surface area contributed by atoms with Crippen molar-refractivity contribution in [2.45, 2.75) is 219 Å². The van der Waals surface area contributed by atoms with Crippen molar-refractivity contribution in [2.24, 2.45) is 11.7 Å². The number of phosphoric acid groups is 1. The van der Waals surface area contributed by atoms with Crippen LogP contribution in [0.5, 0.6) is 0 Å². The molecular weight excluding hydrogens is 649 g/mol. The summed E-state index contributed by atoms with van der Waals surface area (Å²) >= 11 is 0. The Hall–Kier alpha value is -0.500. The molecule has 50 heavy (non-hydrogen) atoms. The van der Waals surface area contributed by atoms with Crippen LogP contribution in [0, 0.1) is 5.92 Å². The van der Waals surface area contributed by atoms with Crippen LogP contribution in [0.3, 0.4) is 0 Å². The van der Waals surface area contributed by atoms with Gasteiger partial charge in [0.25, 0.3) is 0 Å². The molecule has 3 atom stereocenters. The van der Waals surface area contributed by atoms with E-state index in [1.165, 1.54) is 141 Å². The fraction of sp³-hybridized carbons (Fsp3) is 0.976. The molecule has 0 rings (SSSR count). The number of phosphoric ester groups is 1. The predicted molar refractivity (Wildman–Crippen MR) is 211 cm³/mol. The number of esters is 1. The molecule has 0 spiro atoms. The Morgan fingerprint density at radius 2 is 0.940 bits per heavy atom. The molecule has 0 aromatic rings. The number of rotatable bonds is 41. The van der Waals surface area contributed by atoms with Crippen molar-refractivity contribution in [3.63, 3.8) is 0 Å². The molecule has 8 nitrogen and oxygen atoms in total. The van der Waals surface area contributed by atoms with E-state index in [-0.39, 0.29) is 38.3 Å². The van der Waals surface area contributed by atoms with E-state index in [4.69, 9.17) is 24.3 Å². The van der Waals surface area contributed by atoms with E-state index in [9.17, 15) is 14.3 Å².